The summed E-state index contributed by atoms with van der Waals surface area (Å²) in [6.45, 7) is 0. The molecule has 1 unspecified atom stereocenters. The van der Waals surface area contributed by atoms with Crippen molar-refractivity contribution in [2.45, 2.75) is 4.90 Å². The highest BCUT2D eigenvalue weighted by atomic mass is 32.3. The third kappa shape index (κ3) is 4.22. The topological polar surface area (TPSA) is 86.5 Å². The molecule has 9 heteroatoms. The lowest BCUT2D eigenvalue weighted by Gasteiger charge is -2.23. The molecule has 0 fully saturated rings. The van der Waals surface area contributed by atoms with Crippen molar-refractivity contribution >= 4 is 53.5 Å². The van der Waals surface area contributed by atoms with Crippen molar-refractivity contribution in [1.82, 2.24) is 0 Å². The maximum absolute atomic E-state index is 13.2. The molecule has 4 rings (SSSR count). The van der Waals surface area contributed by atoms with E-state index in [-0.39, 0.29) is 0 Å². The lowest BCUT2D eigenvalue weighted by molar-refractivity contribution is -0.387. The van der Waals surface area contributed by atoms with Gasteiger partial charge in [-0.1, -0.05) is 66.7 Å². The van der Waals surface area contributed by atoms with Gasteiger partial charge in [-0.2, -0.15) is 12.0 Å². The molecule has 0 N–H and O–H groups in total. The molecule has 0 radical (unpaired) electrons. The van der Waals surface area contributed by atoms with E-state index in [0.717, 1.165) is 27.0 Å². The molecule has 1 atom stereocenters. The molecule has 0 spiro atoms. The molecule has 0 amide bonds. The van der Waals surface area contributed by atoms with Crippen LogP contribution >= 0.6 is 22.5 Å². The molecule has 1 aliphatic rings. The number of hydrogen-bond donors (Lipinski definition) is 0. The van der Waals surface area contributed by atoms with Gasteiger partial charge in [0.15, 0.2) is 4.90 Å². The average molecular weight is 472 g/mol. The molecule has 0 aliphatic carbocycles. The van der Waals surface area contributed by atoms with Gasteiger partial charge in [0.25, 0.3) is 5.69 Å². The fourth-order valence-electron chi connectivity index (χ4n) is 3.19. The summed E-state index contributed by atoms with van der Waals surface area (Å²) in [6.07, 6.45) is 3.78. The minimum Gasteiger partial charge on any atom is -0.258 e. The predicted molar refractivity (Wildman–Crippen MR) is 127 cm³/mol. The molecular weight excluding hydrogens is 454 g/mol. The van der Waals surface area contributed by atoms with Gasteiger partial charge in [-0.3, -0.25) is 10.1 Å². The SMILES string of the molecule is CSC1=S(OS(=O)(=O)c2ccccc2[N+](=O)[O-])C(c2ccccc2)=Cc2ccccc21. The fraction of sp³-hybridized carbons (Fsp3) is 0.0455. The lowest BCUT2D eigenvalue weighted by Crippen LogP contribution is -2.11. The first-order chi connectivity index (χ1) is 14.9. The van der Waals surface area contributed by atoms with Crippen molar-refractivity contribution in [1.29, 1.82) is 0 Å². The monoisotopic (exact) mass is 471 g/mol. The molecule has 3 aromatic rings. The molecular formula is C22H17NO5S3. The first kappa shape index (κ1) is 21.5. The number of nitrogens with zero attached hydrogens (tertiary/aromatic N) is 1. The van der Waals surface area contributed by atoms with Crippen LogP contribution in [0.2, 0.25) is 0 Å². The zero-order chi connectivity index (χ0) is 22.0. The van der Waals surface area contributed by atoms with E-state index in [9.17, 15) is 18.5 Å². The lowest BCUT2D eigenvalue weighted by atomic mass is 10.1. The minimum absolute atomic E-state index is 0.459. The van der Waals surface area contributed by atoms with E-state index in [1.54, 1.807) is 0 Å². The Balaban J connectivity index is 1.91. The Morgan fingerprint density at radius 3 is 2.29 bits per heavy atom. The summed E-state index contributed by atoms with van der Waals surface area (Å²) in [5.41, 5.74) is 2.15. The Labute approximate surface area is 187 Å². The molecule has 31 heavy (non-hydrogen) atoms. The highest BCUT2D eigenvalue weighted by molar-refractivity contribution is 8.37. The van der Waals surface area contributed by atoms with Gasteiger partial charge in [-0.25, -0.2) is 0 Å². The van der Waals surface area contributed by atoms with E-state index in [4.69, 9.17) is 3.63 Å². The van der Waals surface area contributed by atoms with Crippen LogP contribution in [0.3, 0.4) is 0 Å². The summed E-state index contributed by atoms with van der Waals surface area (Å²) < 4.78 is 32.9. The molecule has 1 heterocycles. The Kier molecular flexibility index (Phi) is 6.10. The summed E-state index contributed by atoms with van der Waals surface area (Å²) in [5, 5.41) is 11.4. The summed E-state index contributed by atoms with van der Waals surface area (Å²) in [7, 11) is -5.72. The van der Waals surface area contributed by atoms with Gasteiger partial charge in [0, 0.05) is 27.3 Å². The van der Waals surface area contributed by atoms with Gasteiger partial charge in [0.1, 0.15) is 0 Å². The van der Waals surface area contributed by atoms with E-state index in [1.165, 1.54) is 30.0 Å². The van der Waals surface area contributed by atoms with Crippen LogP contribution in [-0.2, 0) is 13.7 Å². The molecule has 3 aromatic carbocycles. The Morgan fingerprint density at radius 2 is 1.58 bits per heavy atom. The third-order valence-corrected chi connectivity index (χ3v) is 9.57. The van der Waals surface area contributed by atoms with Gasteiger partial charge in [-0.05, 0) is 29.5 Å². The first-order valence-corrected chi connectivity index (χ1v) is 12.9. The molecule has 0 saturated heterocycles. The van der Waals surface area contributed by atoms with Crippen molar-refractivity contribution in [3.63, 3.8) is 0 Å². The summed E-state index contributed by atoms with van der Waals surface area (Å²) in [6, 6.07) is 22.3. The van der Waals surface area contributed by atoms with Crippen molar-refractivity contribution in [3.05, 3.63) is 106 Å². The van der Waals surface area contributed by atoms with Gasteiger partial charge in [0.2, 0.25) is 0 Å². The van der Waals surface area contributed by atoms with Crippen molar-refractivity contribution in [3.8, 4) is 0 Å². The van der Waals surface area contributed by atoms with Gasteiger partial charge in [-0.15, -0.1) is 11.8 Å². The molecule has 6 nitrogen and oxygen atoms in total. The van der Waals surface area contributed by atoms with Gasteiger partial charge >= 0.3 is 10.1 Å². The Hall–Kier alpha value is -2.72. The Morgan fingerprint density at radius 1 is 0.935 bits per heavy atom. The first-order valence-electron chi connectivity index (χ1n) is 9.12. The zero-order valence-corrected chi connectivity index (χ0v) is 18.7. The van der Waals surface area contributed by atoms with Crippen molar-refractivity contribution in [2.75, 3.05) is 6.26 Å². The summed E-state index contributed by atoms with van der Waals surface area (Å²) in [4.78, 5) is 10.9. The zero-order valence-electron chi connectivity index (χ0n) is 16.3. The van der Waals surface area contributed by atoms with Crippen LogP contribution in [-0.4, -0.2) is 23.8 Å². The molecule has 0 aromatic heterocycles. The standard InChI is InChI=1S/C22H17NO5S3/c1-29-22-18-12-6-5-11-17(18)15-20(16-9-3-2-4-10-16)30(22)28-31(26,27)21-14-8-7-13-19(21)23(24)25/h2-15H,1H3. The maximum Gasteiger partial charge on any atom is 0.314 e. The fourth-order valence-corrected chi connectivity index (χ4v) is 8.09. The molecule has 1 aliphatic heterocycles. The summed E-state index contributed by atoms with van der Waals surface area (Å²) in [5.74, 6) is 0. The second kappa shape index (κ2) is 8.80. The van der Waals surface area contributed by atoms with Crippen LogP contribution in [0.5, 0.6) is 0 Å². The van der Waals surface area contributed by atoms with Crippen LogP contribution in [0.1, 0.15) is 16.7 Å². The smallest absolute Gasteiger partial charge is 0.258 e. The third-order valence-electron chi connectivity index (χ3n) is 4.57. The van der Waals surface area contributed by atoms with E-state index in [2.05, 4.69) is 0 Å². The van der Waals surface area contributed by atoms with Crippen LogP contribution < -0.4 is 0 Å². The van der Waals surface area contributed by atoms with Crippen LogP contribution in [0.4, 0.5) is 5.69 Å². The molecule has 158 valence electrons. The van der Waals surface area contributed by atoms with E-state index in [1.807, 2.05) is 66.9 Å². The second-order valence-corrected chi connectivity index (χ2v) is 10.8. The number of rotatable bonds is 5. The second-order valence-electron chi connectivity index (χ2n) is 6.47. The van der Waals surface area contributed by atoms with Crippen LogP contribution in [0, 0.1) is 10.1 Å². The number of nitro benzene ring substituents is 1. The minimum atomic E-state index is -4.43. The van der Waals surface area contributed by atoms with Gasteiger partial charge < -0.3 is 0 Å². The number of hydrogen-bond acceptors (Lipinski definition) is 6. The highest BCUT2D eigenvalue weighted by Crippen LogP contribution is 2.47. The Bertz CT molecular complexity index is 1330. The van der Waals surface area contributed by atoms with E-state index >= 15 is 0 Å². The largest absolute Gasteiger partial charge is 0.314 e. The normalized spacial score (nSPS) is 15.8. The molecule has 0 bridgehead atoms. The number of para-hydroxylation sites is 1. The maximum atomic E-state index is 13.2. The van der Waals surface area contributed by atoms with Crippen molar-refractivity contribution in [2.24, 2.45) is 0 Å². The van der Waals surface area contributed by atoms with E-state index in [0.29, 0.717) is 4.91 Å². The van der Waals surface area contributed by atoms with Gasteiger partial charge in [0.05, 0.1) is 9.12 Å². The van der Waals surface area contributed by atoms with Crippen LogP contribution in [0.25, 0.3) is 11.0 Å². The van der Waals surface area contributed by atoms with Crippen LogP contribution in [0.15, 0.2) is 83.8 Å². The molecule has 0 saturated carbocycles. The van der Waals surface area contributed by atoms with E-state index < -0.39 is 36.4 Å². The quantitative estimate of drug-likeness (QED) is 0.276. The number of nitro groups is 1. The average Bonchev–Trinajstić information content (AvgIpc) is 2.79. The number of thioether (sulfide) groups is 1. The summed E-state index contributed by atoms with van der Waals surface area (Å²) >= 11 is 1.41. The van der Waals surface area contributed by atoms with Crippen molar-refractivity contribution < 1.29 is 17.0 Å². The predicted octanol–water partition coefficient (Wildman–Crippen LogP) is 5.54. The highest BCUT2D eigenvalue weighted by Gasteiger charge is 2.31. The number of fused-ring (bicyclic) bond motifs is 1. The number of benzene rings is 3.